The number of pyridine rings is 1. The van der Waals surface area contributed by atoms with Crippen molar-refractivity contribution in [1.29, 1.82) is 0 Å². The van der Waals surface area contributed by atoms with Gasteiger partial charge in [-0.15, -0.1) is 0 Å². The molecule has 0 radical (unpaired) electrons. The van der Waals surface area contributed by atoms with Crippen LogP contribution in [0.1, 0.15) is 12.0 Å². The van der Waals surface area contributed by atoms with Gasteiger partial charge in [-0.2, -0.15) is 4.39 Å². The number of aromatic nitrogens is 1. The molecule has 15 heavy (non-hydrogen) atoms. The van der Waals surface area contributed by atoms with Crippen molar-refractivity contribution >= 4 is 10.0 Å². The first-order valence-electron chi connectivity index (χ1n) is 3.40. The van der Waals surface area contributed by atoms with Crippen LogP contribution in [0.25, 0.3) is 0 Å². The van der Waals surface area contributed by atoms with Gasteiger partial charge in [-0.25, -0.2) is 31.7 Å². The van der Waals surface area contributed by atoms with Crippen LogP contribution < -0.4 is 5.14 Å². The fourth-order valence-corrected chi connectivity index (χ4v) is 1.60. The molecular formula is C6H4F4N2O2S. The van der Waals surface area contributed by atoms with Crippen LogP contribution >= 0.6 is 0 Å². The van der Waals surface area contributed by atoms with E-state index in [1.54, 1.807) is 0 Å². The van der Waals surface area contributed by atoms with Crippen molar-refractivity contribution < 1.29 is 26.0 Å². The molecule has 84 valence electrons. The third-order valence-corrected chi connectivity index (χ3v) is 2.28. The fourth-order valence-electron chi connectivity index (χ4n) is 0.888. The first-order chi connectivity index (χ1) is 6.73. The lowest BCUT2D eigenvalue weighted by Gasteiger charge is -2.06. The van der Waals surface area contributed by atoms with Crippen molar-refractivity contribution in [2.45, 2.75) is 11.5 Å². The number of hydrogen-bond acceptors (Lipinski definition) is 3. The van der Waals surface area contributed by atoms with E-state index in [4.69, 9.17) is 0 Å². The third kappa shape index (κ3) is 2.42. The summed E-state index contributed by atoms with van der Waals surface area (Å²) in [5.41, 5.74) is -1.53. The van der Waals surface area contributed by atoms with Gasteiger partial charge >= 0.3 is 0 Å². The summed E-state index contributed by atoms with van der Waals surface area (Å²) >= 11 is 0. The highest BCUT2D eigenvalue weighted by Crippen LogP contribution is 2.27. The van der Waals surface area contributed by atoms with E-state index in [9.17, 15) is 26.0 Å². The van der Waals surface area contributed by atoms with Crippen molar-refractivity contribution in [3.8, 4) is 0 Å². The Balaban J connectivity index is 3.62. The molecule has 0 unspecified atom stereocenters. The lowest BCUT2D eigenvalue weighted by molar-refractivity contribution is 0.141. The lowest BCUT2D eigenvalue weighted by Crippen LogP contribution is -2.18. The molecule has 2 N–H and O–H groups in total. The van der Waals surface area contributed by atoms with Gasteiger partial charge in [-0.1, -0.05) is 0 Å². The Morgan fingerprint density at radius 2 is 1.87 bits per heavy atom. The Bertz CT molecular complexity index is 488. The van der Waals surface area contributed by atoms with Crippen LogP contribution in [0.4, 0.5) is 17.6 Å². The maximum atomic E-state index is 12.8. The van der Waals surface area contributed by atoms with Crippen LogP contribution in [0.3, 0.4) is 0 Å². The number of primary sulfonamides is 1. The molecule has 1 rings (SSSR count). The number of alkyl halides is 2. The van der Waals surface area contributed by atoms with Crippen molar-refractivity contribution in [3.63, 3.8) is 0 Å². The second kappa shape index (κ2) is 3.74. The largest absolute Gasteiger partial charge is 0.269 e. The molecule has 1 heterocycles. The summed E-state index contributed by atoms with van der Waals surface area (Å²) in [4.78, 5) is 2.63. The molecule has 1 aromatic rings. The summed E-state index contributed by atoms with van der Waals surface area (Å²) in [6, 6.07) is 0.0518. The zero-order chi connectivity index (χ0) is 11.8. The summed E-state index contributed by atoms with van der Waals surface area (Å²) in [5, 5.41) is 2.99. The van der Waals surface area contributed by atoms with Gasteiger partial charge in [0.2, 0.25) is 5.95 Å². The zero-order valence-electron chi connectivity index (χ0n) is 6.92. The summed E-state index contributed by atoms with van der Waals surface area (Å²) in [5.74, 6) is -3.25. The summed E-state index contributed by atoms with van der Waals surface area (Å²) in [6.07, 6.45) is -3.45. The maximum Gasteiger partial charge on any atom is 0.269 e. The van der Waals surface area contributed by atoms with E-state index in [1.165, 1.54) is 0 Å². The molecule has 0 saturated heterocycles. The summed E-state index contributed by atoms with van der Waals surface area (Å²) < 4.78 is 71.2. The van der Waals surface area contributed by atoms with E-state index in [0.717, 1.165) is 0 Å². The summed E-state index contributed by atoms with van der Waals surface area (Å²) in [6.45, 7) is 0. The van der Waals surface area contributed by atoms with Crippen LogP contribution in [0.2, 0.25) is 0 Å². The molecule has 0 bridgehead atoms. The highest BCUT2D eigenvalue weighted by Gasteiger charge is 2.27. The second-order valence-corrected chi connectivity index (χ2v) is 3.97. The first-order valence-corrected chi connectivity index (χ1v) is 4.95. The maximum absolute atomic E-state index is 12.8. The predicted octanol–water partition coefficient (Wildman–Crippen LogP) is 0.945. The number of hydrogen-bond donors (Lipinski definition) is 1. The molecule has 9 heteroatoms. The Kier molecular flexibility index (Phi) is 2.95. The minimum Gasteiger partial charge on any atom is -0.223 e. The van der Waals surface area contributed by atoms with Gasteiger partial charge < -0.3 is 0 Å². The van der Waals surface area contributed by atoms with Crippen molar-refractivity contribution in [2.75, 3.05) is 0 Å². The second-order valence-electron chi connectivity index (χ2n) is 2.49. The number of rotatable bonds is 2. The van der Waals surface area contributed by atoms with Gasteiger partial charge in [0.1, 0.15) is 5.82 Å². The van der Waals surface area contributed by atoms with Crippen LogP contribution in [0, 0.1) is 11.8 Å². The van der Waals surface area contributed by atoms with E-state index in [-0.39, 0.29) is 6.07 Å². The van der Waals surface area contributed by atoms with Gasteiger partial charge in [-0.3, -0.25) is 0 Å². The Morgan fingerprint density at radius 3 is 2.27 bits per heavy atom. The Labute approximate surface area is 81.8 Å². The first kappa shape index (κ1) is 11.9. The van der Waals surface area contributed by atoms with E-state index in [1.807, 2.05) is 0 Å². The Morgan fingerprint density at radius 1 is 1.33 bits per heavy atom. The van der Waals surface area contributed by atoms with Crippen LogP contribution in [0.15, 0.2) is 11.1 Å². The SMILES string of the molecule is NS(=O)(=O)c1nc(F)cc(F)c1C(F)F. The molecule has 0 saturated carbocycles. The normalized spacial score (nSPS) is 12.1. The summed E-state index contributed by atoms with van der Waals surface area (Å²) in [7, 11) is -4.69. The molecule has 0 fully saturated rings. The van der Waals surface area contributed by atoms with Gasteiger partial charge in [0.05, 0.1) is 5.56 Å². The molecule has 0 atom stereocenters. The fraction of sp³-hybridized carbons (Fsp3) is 0.167. The van der Waals surface area contributed by atoms with Crippen molar-refractivity contribution in [3.05, 3.63) is 23.4 Å². The molecule has 0 aliphatic rings. The molecule has 0 aromatic carbocycles. The molecule has 0 amide bonds. The van der Waals surface area contributed by atoms with E-state index >= 15 is 0 Å². The van der Waals surface area contributed by atoms with Gasteiger partial charge in [-0.05, 0) is 0 Å². The monoisotopic (exact) mass is 244 g/mol. The molecule has 4 nitrogen and oxygen atoms in total. The molecule has 0 aliphatic heterocycles. The number of nitrogens with zero attached hydrogens (tertiary/aromatic N) is 1. The van der Waals surface area contributed by atoms with Crippen LogP contribution in [-0.4, -0.2) is 13.4 Å². The minimum atomic E-state index is -4.69. The van der Waals surface area contributed by atoms with E-state index in [0.29, 0.717) is 0 Å². The molecular weight excluding hydrogens is 240 g/mol. The predicted molar refractivity (Wildman–Crippen MR) is 40.5 cm³/mol. The number of nitrogens with two attached hydrogens (primary N) is 1. The van der Waals surface area contributed by atoms with Gasteiger partial charge in [0, 0.05) is 6.07 Å². The average Bonchev–Trinajstić information content (AvgIpc) is 1.99. The van der Waals surface area contributed by atoms with E-state index < -0.39 is 38.8 Å². The van der Waals surface area contributed by atoms with Crippen molar-refractivity contribution in [1.82, 2.24) is 4.98 Å². The quantitative estimate of drug-likeness (QED) is 0.621. The van der Waals surface area contributed by atoms with Crippen LogP contribution in [0.5, 0.6) is 0 Å². The smallest absolute Gasteiger partial charge is 0.223 e. The highest BCUT2D eigenvalue weighted by molar-refractivity contribution is 7.89. The van der Waals surface area contributed by atoms with Crippen LogP contribution in [-0.2, 0) is 10.0 Å². The lowest BCUT2D eigenvalue weighted by atomic mass is 10.3. The molecule has 0 spiro atoms. The van der Waals surface area contributed by atoms with E-state index in [2.05, 4.69) is 10.1 Å². The molecule has 1 aromatic heterocycles. The third-order valence-electron chi connectivity index (χ3n) is 1.43. The number of sulfonamides is 1. The standard InChI is InChI=1S/C6H4F4N2O2S/c7-2-1-3(8)12-6(15(11,13)14)4(2)5(9)10/h1,5H,(H2,11,13,14). The minimum absolute atomic E-state index is 0.0518. The highest BCUT2D eigenvalue weighted by atomic mass is 32.2. The van der Waals surface area contributed by atoms with Crippen molar-refractivity contribution in [2.24, 2.45) is 5.14 Å². The average molecular weight is 244 g/mol. The van der Waals surface area contributed by atoms with Gasteiger partial charge in [0.25, 0.3) is 16.4 Å². The Hall–Kier alpha value is -1.22. The molecule has 0 aliphatic carbocycles. The number of halogens is 4. The zero-order valence-corrected chi connectivity index (χ0v) is 7.73. The topological polar surface area (TPSA) is 73.1 Å². The van der Waals surface area contributed by atoms with Gasteiger partial charge in [0.15, 0.2) is 5.03 Å².